The summed E-state index contributed by atoms with van der Waals surface area (Å²) >= 11 is 0. The Morgan fingerprint density at radius 2 is 1.71 bits per heavy atom. The van der Waals surface area contributed by atoms with E-state index in [9.17, 15) is 0 Å². The molecule has 1 heteroatoms. The van der Waals surface area contributed by atoms with E-state index >= 15 is 0 Å². The van der Waals surface area contributed by atoms with E-state index in [-0.39, 0.29) is 0 Å². The first-order chi connectivity index (χ1) is 8.02. The van der Waals surface area contributed by atoms with Gasteiger partial charge in [0.15, 0.2) is 0 Å². The van der Waals surface area contributed by atoms with E-state index in [2.05, 4.69) is 65.5 Å². The van der Waals surface area contributed by atoms with Crippen LogP contribution >= 0.6 is 0 Å². The summed E-state index contributed by atoms with van der Waals surface area (Å²) in [4.78, 5) is 2.50. The van der Waals surface area contributed by atoms with Gasteiger partial charge in [0.1, 0.15) is 0 Å². The fourth-order valence-electron chi connectivity index (χ4n) is 1.96. The largest absolute Gasteiger partial charge is 0.303 e. The minimum absolute atomic E-state index is 0.709. The van der Waals surface area contributed by atoms with Crippen molar-refractivity contribution in [3.8, 4) is 0 Å². The molecule has 0 aromatic heterocycles. The second kappa shape index (κ2) is 11.9. The van der Waals surface area contributed by atoms with Gasteiger partial charge in [0.05, 0.1) is 0 Å². The van der Waals surface area contributed by atoms with Crippen LogP contribution in [-0.4, -0.2) is 24.5 Å². The molecule has 0 aliphatic rings. The van der Waals surface area contributed by atoms with Crippen LogP contribution in [0, 0.1) is 11.8 Å². The zero-order chi connectivity index (χ0) is 13.8. The first-order valence-corrected chi connectivity index (χ1v) is 6.84. The number of nitrogens with zero attached hydrogens (tertiary/aromatic N) is 1. The van der Waals surface area contributed by atoms with E-state index in [0.29, 0.717) is 6.04 Å². The zero-order valence-corrected chi connectivity index (χ0v) is 12.7. The summed E-state index contributed by atoms with van der Waals surface area (Å²) < 4.78 is 0. The molecule has 0 N–H and O–H groups in total. The Hall–Kier alpha value is -0.560. The predicted molar refractivity (Wildman–Crippen MR) is 81.4 cm³/mol. The Balaban J connectivity index is 0. The first kappa shape index (κ1) is 18.8. The van der Waals surface area contributed by atoms with Crippen molar-refractivity contribution in [3.63, 3.8) is 0 Å². The van der Waals surface area contributed by atoms with Crippen LogP contribution in [0.15, 0.2) is 25.8 Å². The lowest BCUT2D eigenvalue weighted by atomic mass is 9.91. The highest BCUT2D eigenvalue weighted by Crippen LogP contribution is 2.18. The van der Waals surface area contributed by atoms with Crippen LogP contribution in [0.3, 0.4) is 0 Å². The van der Waals surface area contributed by atoms with Crippen LogP contribution in [0.5, 0.6) is 0 Å². The second-order valence-corrected chi connectivity index (χ2v) is 5.11. The van der Waals surface area contributed by atoms with Crippen LogP contribution in [0.1, 0.15) is 47.0 Å². The van der Waals surface area contributed by atoms with Gasteiger partial charge in [0.2, 0.25) is 0 Å². The summed E-state index contributed by atoms with van der Waals surface area (Å²) in [7, 11) is 2.25. The molecule has 0 bridgehead atoms. The molecule has 0 aromatic rings. The number of hydrogen-bond donors (Lipinski definition) is 0. The van der Waals surface area contributed by atoms with Gasteiger partial charge in [0, 0.05) is 12.6 Å². The number of hydrogen-bond acceptors (Lipinski definition) is 1. The van der Waals surface area contributed by atoms with Gasteiger partial charge in [-0.3, -0.25) is 0 Å². The summed E-state index contributed by atoms with van der Waals surface area (Å²) in [6.45, 7) is 20.3. The molecule has 0 aromatic carbocycles. The molecule has 0 aliphatic carbocycles. The van der Waals surface area contributed by atoms with Crippen molar-refractivity contribution in [2.24, 2.45) is 11.8 Å². The van der Waals surface area contributed by atoms with E-state index in [1.807, 2.05) is 0 Å². The van der Waals surface area contributed by atoms with Gasteiger partial charge in [-0.05, 0) is 38.6 Å². The molecule has 0 aliphatic heterocycles. The fourth-order valence-corrected chi connectivity index (χ4v) is 1.96. The highest BCUT2D eigenvalue weighted by Gasteiger charge is 2.16. The summed E-state index contributed by atoms with van der Waals surface area (Å²) in [5.74, 6) is 1.51. The van der Waals surface area contributed by atoms with Crippen LogP contribution in [0.2, 0.25) is 0 Å². The normalized spacial score (nSPS) is 14.1. The zero-order valence-electron chi connectivity index (χ0n) is 12.7. The minimum Gasteiger partial charge on any atom is -0.303 e. The first-order valence-electron chi connectivity index (χ1n) is 6.84. The summed E-state index contributed by atoms with van der Waals surface area (Å²) in [6.07, 6.45) is 5.78. The molecular formula is C16H33N. The molecule has 1 unspecified atom stereocenters. The number of allylic oxidation sites excluding steroid dienone is 1. The van der Waals surface area contributed by atoms with Crippen LogP contribution in [0.4, 0.5) is 0 Å². The van der Waals surface area contributed by atoms with E-state index in [0.717, 1.165) is 18.3 Å². The fraction of sp³-hybridized carbons (Fsp3) is 0.750. The highest BCUT2D eigenvalue weighted by atomic mass is 15.1. The summed E-state index contributed by atoms with van der Waals surface area (Å²) in [6, 6.07) is 0.709. The molecule has 0 spiro atoms. The van der Waals surface area contributed by atoms with Crippen LogP contribution < -0.4 is 0 Å². The molecule has 2 atom stereocenters. The number of rotatable bonds is 8. The molecule has 17 heavy (non-hydrogen) atoms. The third-order valence-corrected chi connectivity index (χ3v) is 3.39. The van der Waals surface area contributed by atoms with E-state index in [4.69, 9.17) is 0 Å². The molecule has 0 rings (SSSR count). The Morgan fingerprint density at radius 1 is 1.18 bits per heavy atom. The molecule has 0 heterocycles. The third-order valence-electron chi connectivity index (χ3n) is 3.39. The van der Waals surface area contributed by atoms with Gasteiger partial charge in [-0.15, -0.1) is 19.7 Å². The lowest BCUT2D eigenvalue weighted by Crippen LogP contribution is -2.35. The average molecular weight is 239 g/mol. The van der Waals surface area contributed by atoms with Crippen molar-refractivity contribution in [2.45, 2.75) is 53.0 Å². The van der Waals surface area contributed by atoms with E-state index in [1.165, 1.54) is 19.4 Å². The standard InChI is InChI=1S/C14H29N.C2H4/c1-7-9-13(5)15(6)11-14(10-8-2)12(3)4;1-2/h8,12-14H,2,7,9-11H2,1,3-6H3;1-2H2/t13-,14?;/m0./s1. The Labute approximate surface area is 110 Å². The van der Waals surface area contributed by atoms with Gasteiger partial charge < -0.3 is 4.90 Å². The SMILES string of the molecule is C=C.C=CCC(CN(C)[C@@H](C)CCC)C(C)C. The van der Waals surface area contributed by atoms with Crippen molar-refractivity contribution >= 4 is 0 Å². The minimum atomic E-state index is 0.709. The van der Waals surface area contributed by atoms with Crippen LogP contribution in [-0.2, 0) is 0 Å². The highest BCUT2D eigenvalue weighted by molar-refractivity contribution is 4.78. The Bertz CT molecular complexity index is 174. The molecule has 0 amide bonds. The molecule has 1 nitrogen and oxygen atoms in total. The maximum Gasteiger partial charge on any atom is 0.00639 e. The second-order valence-electron chi connectivity index (χ2n) is 5.11. The van der Waals surface area contributed by atoms with Gasteiger partial charge in [-0.1, -0.05) is 33.3 Å². The lowest BCUT2D eigenvalue weighted by Gasteiger charge is -2.30. The summed E-state index contributed by atoms with van der Waals surface area (Å²) in [5.41, 5.74) is 0. The average Bonchev–Trinajstić information content (AvgIpc) is 2.31. The van der Waals surface area contributed by atoms with Gasteiger partial charge >= 0.3 is 0 Å². The van der Waals surface area contributed by atoms with Gasteiger partial charge in [0.25, 0.3) is 0 Å². The molecule has 0 saturated carbocycles. The maximum atomic E-state index is 3.85. The van der Waals surface area contributed by atoms with Crippen molar-refractivity contribution in [2.75, 3.05) is 13.6 Å². The summed E-state index contributed by atoms with van der Waals surface area (Å²) in [5, 5.41) is 0. The van der Waals surface area contributed by atoms with E-state index < -0.39 is 0 Å². The predicted octanol–water partition coefficient (Wildman–Crippen LogP) is 4.76. The quantitative estimate of drug-likeness (QED) is 0.552. The van der Waals surface area contributed by atoms with Gasteiger partial charge in [-0.25, -0.2) is 0 Å². The van der Waals surface area contributed by atoms with Gasteiger partial charge in [-0.2, -0.15) is 0 Å². The van der Waals surface area contributed by atoms with Crippen molar-refractivity contribution in [1.29, 1.82) is 0 Å². The third kappa shape index (κ3) is 9.17. The van der Waals surface area contributed by atoms with Crippen molar-refractivity contribution in [3.05, 3.63) is 25.8 Å². The molecular weight excluding hydrogens is 206 g/mol. The van der Waals surface area contributed by atoms with Crippen LogP contribution in [0.25, 0.3) is 0 Å². The molecule has 0 radical (unpaired) electrons. The van der Waals surface area contributed by atoms with E-state index in [1.54, 1.807) is 0 Å². The molecule has 0 saturated heterocycles. The topological polar surface area (TPSA) is 3.24 Å². The van der Waals surface area contributed by atoms with Crippen molar-refractivity contribution < 1.29 is 0 Å². The molecule has 0 fully saturated rings. The lowest BCUT2D eigenvalue weighted by molar-refractivity contribution is 0.184. The Morgan fingerprint density at radius 3 is 2.06 bits per heavy atom. The maximum absolute atomic E-state index is 3.85. The smallest absolute Gasteiger partial charge is 0.00639 e. The monoisotopic (exact) mass is 239 g/mol. The van der Waals surface area contributed by atoms with Crippen molar-refractivity contribution in [1.82, 2.24) is 4.90 Å². The Kier molecular flexibility index (Phi) is 13.2. The molecule has 102 valence electrons.